The molecule has 3 rings (SSSR count). The first-order valence-electron chi connectivity index (χ1n) is 8.47. The topological polar surface area (TPSA) is 7.12 Å². The first-order valence-corrected chi connectivity index (χ1v) is 9.76. The molecule has 4 heteroatoms. The maximum atomic E-state index is 4.13. The second kappa shape index (κ2) is 8.32. The Hall–Kier alpha value is -1.40. The van der Waals surface area contributed by atoms with Crippen molar-refractivity contribution in [3.8, 4) is 5.69 Å². The van der Waals surface area contributed by atoms with E-state index in [-0.39, 0.29) is 34.4 Å². The molecule has 0 radical (unpaired) electrons. The molecule has 0 aliphatic rings. The monoisotopic (exact) mass is 465 g/mol. The molecule has 0 aliphatic heterocycles. The van der Waals surface area contributed by atoms with Crippen LogP contribution in [0.25, 0.3) is 22.0 Å². The number of aromatic nitrogens is 1. The van der Waals surface area contributed by atoms with Crippen LogP contribution in [0.4, 0.5) is 5.69 Å². The van der Waals surface area contributed by atoms with Gasteiger partial charge < -0.3 is 28.9 Å². The minimum atomic E-state index is 0. The molecule has 0 bridgehead atoms. The lowest BCUT2D eigenvalue weighted by atomic mass is 10.2. The number of benzene rings is 2. The maximum Gasteiger partial charge on any atom is 0.411 e. The number of thiazole rings is 1. The molecule has 0 spiro atoms. The quantitative estimate of drug-likeness (QED) is 0.319. The van der Waals surface area contributed by atoms with Crippen LogP contribution < -0.4 is 33.4 Å². The summed E-state index contributed by atoms with van der Waals surface area (Å²) in [7, 11) is 4.23. The summed E-state index contributed by atoms with van der Waals surface area (Å²) in [6.07, 6.45) is 3.22. The van der Waals surface area contributed by atoms with Crippen LogP contribution in [0.5, 0.6) is 0 Å². The van der Waals surface area contributed by atoms with Crippen molar-refractivity contribution in [1.82, 2.24) is 0 Å². The van der Waals surface area contributed by atoms with Crippen molar-refractivity contribution < 1.29 is 28.5 Å². The molecule has 1 aromatic heterocycles. The van der Waals surface area contributed by atoms with E-state index in [1.807, 2.05) is 0 Å². The van der Waals surface area contributed by atoms with Crippen molar-refractivity contribution in [2.24, 2.45) is 0 Å². The van der Waals surface area contributed by atoms with Gasteiger partial charge in [0.15, 0.2) is 0 Å². The first-order chi connectivity index (χ1) is 11.6. The van der Waals surface area contributed by atoms with Crippen LogP contribution in [0.15, 0.2) is 55.1 Å². The van der Waals surface area contributed by atoms with Gasteiger partial charge in [0, 0.05) is 44.0 Å². The van der Waals surface area contributed by atoms with E-state index in [9.17, 15) is 0 Å². The van der Waals surface area contributed by atoms with Crippen molar-refractivity contribution in [2.45, 2.75) is 25.5 Å². The Bertz CT molecular complexity index is 865. The van der Waals surface area contributed by atoms with Gasteiger partial charge in [-0.05, 0) is 25.5 Å². The fourth-order valence-electron chi connectivity index (χ4n) is 3.09. The Morgan fingerprint density at radius 2 is 1.76 bits per heavy atom. The average Bonchev–Trinajstić information content (AvgIpc) is 2.95. The van der Waals surface area contributed by atoms with Gasteiger partial charge in [-0.3, -0.25) is 0 Å². The standard InChI is InChI=1S/C21H26N2S.HI/c1-6-16(3)24-20-11-9-8-10-19(20)23(21(24)7-2)18-14-12-17(13-15-18)22(4)5;/h7-16H,2,6H2,1,3-5H3;1H/q+2;/p-1. The van der Waals surface area contributed by atoms with E-state index in [2.05, 4.69) is 98.6 Å². The summed E-state index contributed by atoms with van der Waals surface area (Å²) < 4.78 is 3.83. The highest BCUT2D eigenvalue weighted by atomic mass is 127. The molecule has 0 aliphatic carbocycles. The zero-order chi connectivity index (χ0) is 17.3. The zero-order valence-corrected chi connectivity index (χ0v) is 18.3. The van der Waals surface area contributed by atoms with E-state index in [4.69, 9.17) is 0 Å². The van der Waals surface area contributed by atoms with Gasteiger partial charge in [0.25, 0.3) is 10.2 Å². The molecule has 0 saturated carbocycles. The highest BCUT2D eigenvalue weighted by Crippen LogP contribution is 2.43. The van der Waals surface area contributed by atoms with Crippen LogP contribution in [0.1, 0.15) is 30.5 Å². The summed E-state index contributed by atoms with van der Waals surface area (Å²) in [5, 5.41) is 1.94. The summed E-state index contributed by atoms with van der Waals surface area (Å²) in [4.78, 5) is 2.13. The molecular weight excluding hydrogens is 439 g/mol. The number of nitrogens with zero attached hydrogens (tertiary/aromatic N) is 2. The first kappa shape index (κ1) is 19.9. The summed E-state index contributed by atoms with van der Waals surface area (Å²) in [5.41, 5.74) is 3.72. The Morgan fingerprint density at radius 3 is 2.32 bits per heavy atom. The lowest BCUT2D eigenvalue weighted by Crippen LogP contribution is -3.00. The molecule has 25 heavy (non-hydrogen) atoms. The van der Waals surface area contributed by atoms with E-state index in [1.54, 1.807) is 0 Å². The number of rotatable bonds is 5. The summed E-state index contributed by atoms with van der Waals surface area (Å²) in [6, 6.07) is 17.6. The van der Waals surface area contributed by atoms with Gasteiger partial charge in [-0.1, -0.05) is 25.6 Å². The Balaban J connectivity index is 0.00000225. The molecule has 0 amide bonds. The number of hydrogen-bond donors (Lipinski definition) is 0. The molecule has 132 valence electrons. The molecule has 0 fully saturated rings. The third-order valence-corrected chi connectivity index (χ3v) is 7.32. The van der Waals surface area contributed by atoms with Gasteiger partial charge in [0.2, 0.25) is 5.69 Å². The number of anilines is 1. The van der Waals surface area contributed by atoms with Crippen LogP contribution in [-0.4, -0.2) is 14.1 Å². The maximum absolute atomic E-state index is 4.13. The van der Waals surface area contributed by atoms with E-state index in [0.717, 1.165) is 0 Å². The smallest absolute Gasteiger partial charge is 0.411 e. The molecule has 1 heterocycles. The minimum Gasteiger partial charge on any atom is -1.00 e. The molecule has 2 unspecified atom stereocenters. The normalized spacial score (nSPS) is 12.6. The highest BCUT2D eigenvalue weighted by molar-refractivity contribution is 7.38. The number of fused-ring (bicyclic) bond motifs is 1. The van der Waals surface area contributed by atoms with Gasteiger partial charge >= 0.3 is 5.01 Å². The van der Waals surface area contributed by atoms with E-state index >= 15 is 0 Å². The Labute approximate surface area is 170 Å². The van der Waals surface area contributed by atoms with Crippen molar-refractivity contribution in [2.75, 3.05) is 19.0 Å². The van der Waals surface area contributed by atoms with Crippen LogP contribution >= 0.6 is 10.5 Å². The Kier molecular flexibility index (Phi) is 6.63. The van der Waals surface area contributed by atoms with Crippen molar-refractivity contribution in [1.29, 1.82) is 0 Å². The van der Waals surface area contributed by atoms with Crippen LogP contribution in [0.2, 0.25) is 0 Å². The predicted molar refractivity (Wildman–Crippen MR) is 107 cm³/mol. The van der Waals surface area contributed by atoms with Gasteiger partial charge in [-0.25, -0.2) is 0 Å². The molecule has 3 aromatic rings. The largest absolute Gasteiger partial charge is 1.00 e. The van der Waals surface area contributed by atoms with E-state index < -0.39 is 0 Å². The SMILES string of the molecule is C=Cc1[n+](-c2ccc(N(C)C)cc2)c2ccccc2[s+]1C(C)CC.[I-]. The van der Waals surface area contributed by atoms with E-state index in [1.165, 1.54) is 33.0 Å². The second-order valence-electron chi connectivity index (χ2n) is 6.31. The third-order valence-electron chi connectivity index (χ3n) is 4.56. The van der Waals surface area contributed by atoms with Crippen LogP contribution in [0.3, 0.4) is 0 Å². The number of para-hydroxylation sites is 1. The fourth-order valence-corrected chi connectivity index (χ4v) is 5.69. The van der Waals surface area contributed by atoms with Crippen LogP contribution in [-0.2, 0) is 0 Å². The predicted octanol–water partition coefficient (Wildman–Crippen LogP) is 2.55. The lowest BCUT2D eigenvalue weighted by molar-refractivity contribution is -0.564. The van der Waals surface area contributed by atoms with Crippen molar-refractivity contribution in [3.05, 3.63) is 60.1 Å². The zero-order valence-electron chi connectivity index (χ0n) is 15.4. The summed E-state index contributed by atoms with van der Waals surface area (Å²) >= 11 is 0. The lowest BCUT2D eigenvalue weighted by Gasteiger charge is -2.11. The molecule has 2 atom stereocenters. The summed E-state index contributed by atoms with van der Waals surface area (Å²) in [6.45, 7) is 8.76. The number of hydrogen-bond acceptors (Lipinski definition) is 1. The van der Waals surface area contributed by atoms with Crippen molar-refractivity contribution in [3.63, 3.8) is 0 Å². The molecule has 2 nitrogen and oxygen atoms in total. The Morgan fingerprint density at radius 1 is 1.12 bits per heavy atom. The minimum absolute atomic E-state index is 0. The molecule has 0 N–H and O–H groups in total. The average molecular weight is 465 g/mol. The molecule has 2 aromatic carbocycles. The number of halogens is 1. The molecule has 0 saturated heterocycles. The third kappa shape index (κ3) is 3.60. The van der Waals surface area contributed by atoms with Gasteiger partial charge in [0.05, 0.1) is 16.5 Å². The fraction of sp³-hybridized carbons (Fsp3) is 0.286. The second-order valence-corrected chi connectivity index (χ2v) is 8.65. The highest BCUT2D eigenvalue weighted by Gasteiger charge is 2.37. The van der Waals surface area contributed by atoms with Crippen molar-refractivity contribution >= 4 is 32.4 Å². The van der Waals surface area contributed by atoms with Gasteiger partial charge in [0.1, 0.15) is 5.25 Å². The van der Waals surface area contributed by atoms with E-state index in [0.29, 0.717) is 5.25 Å². The van der Waals surface area contributed by atoms with Crippen LogP contribution in [0, 0.1) is 0 Å². The van der Waals surface area contributed by atoms with Gasteiger partial charge in [-0.15, -0.1) is 4.57 Å². The molecular formula is C21H26IN2S+. The summed E-state index contributed by atoms with van der Waals surface area (Å²) in [5.74, 6) is 0. The van der Waals surface area contributed by atoms with Gasteiger partial charge in [-0.2, -0.15) is 0 Å².